The van der Waals surface area contributed by atoms with Crippen molar-refractivity contribution in [3.05, 3.63) is 35.8 Å². The zero-order valence-electron chi connectivity index (χ0n) is 14.8. The number of fused-ring (bicyclic) bond motifs is 1. The van der Waals surface area contributed by atoms with E-state index in [4.69, 9.17) is 20.9 Å². The van der Waals surface area contributed by atoms with Crippen LogP contribution in [0.25, 0.3) is 5.65 Å². The van der Waals surface area contributed by atoms with Crippen LogP contribution in [0.2, 0.25) is 0 Å². The topological polar surface area (TPSA) is 126 Å². The monoisotopic (exact) mass is 357 g/mol. The van der Waals surface area contributed by atoms with Gasteiger partial charge in [-0.3, -0.25) is 0 Å². The maximum absolute atomic E-state index is 5.98. The van der Waals surface area contributed by atoms with Crippen LogP contribution in [0.5, 0.6) is 11.9 Å². The fourth-order valence-corrected chi connectivity index (χ4v) is 2.36. The minimum Gasteiger partial charge on any atom is -0.476 e. The van der Waals surface area contributed by atoms with Gasteiger partial charge >= 0.3 is 6.01 Å². The summed E-state index contributed by atoms with van der Waals surface area (Å²) < 4.78 is 12.5. The van der Waals surface area contributed by atoms with Crippen LogP contribution in [0.4, 0.5) is 5.82 Å². The Hall–Kier alpha value is -2.94. The summed E-state index contributed by atoms with van der Waals surface area (Å²) in [5.74, 6) is 0.847. The lowest BCUT2D eigenvalue weighted by Crippen LogP contribution is -2.11. The fourth-order valence-electron chi connectivity index (χ4n) is 2.36. The largest absolute Gasteiger partial charge is 0.476 e. The second-order valence-corrected chi connectivity index (χ2v) is 5.80. The van der Waals surface area contributed by atoms with Crippen molar-refractivity contribution in [3.8, 4) is 11.9 Å². The summed E-state index contributed by atoms with van der Waals surface area (Å²) in [5.41, 5.74) is 13.7. The third kappa shape index (κ3) is 4.37. The molecule has 0 amide bonds. The van der Waals surface area contributed by atoms with Gasteiger partial charge in [-0.05, 0) is 12.0 Å². The Bertz CT molecular complexity index is 848. The number of nitrogens with zero attached hydrogens (tertiary/aromatic N) is 5. The minimum absolute atomic E-state index is 0.260. The van der Waals surface area contributed by atoms with Crippen LogP contribution in [0, 0.1) is 0 Å². The van der Waals surface area contributed by atoms with Gasteiger partial charge in [0.2, 0.25) is 5.88 Å². The molecule has 0 spiro atoms. The van der Waals surface area contributed by atoms with E-state index in [0.29, 0.717) is 43.5 Å². The van der Waals surface area contributed by atoms with Gasteiger partial charge < -0.3 is 20.9 Å². The summed E-state index contributed by atoms with van der Waals surface area (Å²) in [7, 11) is 0. The highest BCUT2D eigenvalue weighted by Gasteiger charge is 2.11. The third-order valence-electron chi connectivity index (χ3n) is 3.66. The number of nitrogens with two attached hydrogens (primary N) is 2. The lowest BCUT2D eigenvalue weighted by atomic mass is 10.2. The first-order valence-corrected chi connectivity index (χ1v) is 8.62. The molecular weight excluding hydrogens is 334 g/mol. The molecule has 0 atom stereocenters. The van der Waals surface area contributed by atoms with Crippen molar-refractivity contribution in [1.82, 2.24) is 24.6 Å². The number of anilines is 1. The molecule has 3 rings (SSSR count). The van der Waals surface area contributed by atoms with E-state index in [2.05, 4.69) is 27.0 Å². The Morgan fingerprint density at radius 1 is 1.15 bits per heavy atom. The smallest absolute Gasteiger partial charge is 0.336 e. The Morgan fingerprint density at radius 3 is 2.77 bits per heavy atom. The second kappa shape index (κ2) is 8.43. The van der Waals surface area contributed by atoms with Crippen LogP contribution in [0.1, 0.15) is 31.0 Å². The highest BCUT2D eigenvalue weighted by atomic mass is 16.5. The van der Waals surface area contributed by atoms with E-state index in [1.165, 1.54) is 0 Å². The van der Waals surface area contributed by atoms with E-state index in [1.807, 2.05) is 18.3 Å². The number of nitrogen functional groups attached to an aromatic ring is 1. The van der Waals surface area contributed by atoms with Gasteiger partial charge in [-0.25, -0.2) is 14.5 Å². The van der Waals surface area contributed by atoms with Gasteiger partial charge in [-0.1, -0.05) is 19.4 Å². The number of ether oxygens (including phenoxy) is 2. The van der Waals surface area contributed by atoms with Crippen LogP contribution in [-0.2, 0) is 6.42 Å². The zero-order valence-corrected chi connectivity index (χ0v) is 14.8. The molecule has 3 aromatic heterocycles. The summed E-state index contributed by atoms with van der Waals surface area (Å²) in [6.45, 7) is 3.56. The SMILES string of the molecule is CCCCOc1nc(N)c2nc(Cc3ccc(OCCN)nc3)cn2n1. The molecule has 3 heterocycles. The number of hydrogen-bond donors (Lipinski definition) is 2. The molecule has 9 heteroatoms. The van der Waals surface area contributed by atoms with Gasteiger partial charge in [0, 0.05) is 25.2 Å². The van der Waals surface area contributed by atoms with E-state index < -0.39 is 0 Å². The van der Waals surface area contributed by atoms with Gasteiger partial charge in [0.05, 0.1) is 18.5 Å². The molecule has 0 aliphatic heterocycles. The molecule has 138 valence electrons. The van der Waals surface area contributed by atoms with E-state index in [-0.39, 0.29) is 6.01 Å². The van der Waals surface area contributed by atoms with Crippen molar-refractivity contribution in [2.45, 2.75) is 26.2 Å². The normalized spacial score (nSPS) is 11.0. The summed E-state index contributed by atoms with van der Waals surface area (Å²) in [5, 5.41) is 4.31. The first-order valence-electron chi connectivity index (χ1n) is 8.62. The second-order valence-electron chi connectivity index (χ2n) is 5.80. The molecular formula is C17H23N7O2. The number of unbranched alkanes of at least 4 members (excludes halogenated alkanes) is 1. The van der Waals surface area contributed by atoms with Crippen LogP contribution < -0.4 is 20.9 Å². The molecule has 26 heavy (non-hydrogen) atoms. The first-order chi connectivity index (χ1) is 12.7. The van der Waals surface area contributed by atoms with E-state index in [9.17, 15) is 0 Å². The maximum Gasteiger partial charge on any atom is 0.336 e. The van der Waals surface area contributed by atoms with Crippen molar-refractivity contribution in [2.75, 3.05) is 25.5 Å². The molecule has 0 unspecified atom stereocenters. The van der Waals surface area contributed by atoms with Crippen molar-refractivity contribution < 1.29 is 9.47 Å². The maximum atomic E-state index is 5.98. The van der Waals surface area contributed by atoms with Gasteiger partial charge in [0.1, 0.15) is 6.61 Å². The van der Waals surface area contributed by atoms with E-state index >= 15 is 0 Å². The lowest BCUT2D eigenvalue weighted by Gasteiger charge is -2.04. The molecule has 0 aliphatic rings. The molecule has 4 N–H and O–H groups in total. The lowest BCUT2D eigenvalue weighted by molar-refractivity contribution is 0.281. The summed E-state index contributed by atoms with van der Waals surface area (Å²) >= 11 is 0. The Morgan fingerprint density at radius 2 is 2.04 bits per heavy atom. The van der Waals surface area contributed by atoms with Crippen molar-refractivity contribution >= 4 is 11.5 Å². The van der Waals surface area contributed by atoms with E-state index in [0.717, 1.165) is 24.1 Å². The number of imidazole rings is 1. The standard InChI is InChI=1S/C17H23N7O2/c1-2-3-7-26-17-22-15(19)16-21-13(11-24(16)23-17)9-12-4-5-14(20-10-12)25-8-6-18/h4-5,10-11H,2-3,6-9,18H2,1H3,(H2,19,22,23). The molecule has 0 aliphatic carbocycles. The van der Waals surface area contributed by atoms with Gasteiger partial charge in [0.15, 0.2) is 11.5 Å². The molecule has 3 aromatic rings. The predicted molar refractivity (Wildman–Crippen MR) is 97.2 cm³/mol. The molecule has 0 bridgehead atoms. The predicted octanol–water partition coefficient (Wildman–Crippen LogP) is 1.21. The van der Waals surface area contributed by atoms with E-state index in [1.54, 1.807) is 10.7 Å². The van der Waals surface area contributed by atoms with Crippen LogP contribution >= 0.6 is 0 Å². The van der Waals surface area contributed by atoms with Crippen LogP contribution in [0.3, 0.4) is 0 Å². The van der Waals surface area contributed by atoms with Crippen molar-refractivity contribution in [2.24, 2.45) is 5.73 Å². The van der Waals surface area contributed by atoms with Gasteiger partial charge in [0.25, 0.3) is 0 Å². The fraction of sp³-hybridized carbons (Fsp3) is 0.412. The molecule has 9 nitrogen and oxygen atoms in total. The highest BCUT2D eigenvalue weighted by molar-refractivity contribution is 5.59. The zero-order chi connectivity index (χ0) is 18.4. The molecule has 0 saturated heterocycles. The summed E-state index contributed by atoms with van der Waals surface area (Å²) in [4.78, 5) is 12.9. The summed E-state index contributed by atoms with van der Waals surface area (Å²) in [6, 6.07) is 4.02. The Labute approximate surface area is 151 Å². The number of hydrogen-bond acceptors (Lipinski definition) is 8. The third-order valence-corrected chi connectivity index (χ3v) is 3.66. The highest BCUT2D eigenvalue weighted by Crippen LogP contribution is 2.16. The summed E-state index contributed by atoms with van der Waals surface area (Å²) in [6.07, 6.45) is 6.15. The quantitative estimate of drug-likeness (QED) is 0.547. The van der Waals surface area contributed by atoms with Crippen molar-refractivity contribution in [1.29, 1.82) is 0 Å². The van der Waals surface area contributed by atoms with Crippen molar-refractivity contribution in [3.63, 3.8) is 0 Å². The number of aromatic nitrogens is 5. The van der Waals surface area contributed by atoms with Gasteiger partial charge in [-0.15, -0.1) is 5.10 Å². The minimum atomic E-state index is 0.260. The van der Waals surface area contributed by atoms with Gasteiger partial charge in [-0.2, -0.15) is 4.98 Å². The average molecular weight is 357 g/mol. The molecule has 0 saturated carbocycles. The molecule has 0 fully saturated rings. The number of pyridine rings is 1. The Balaban J connectivity index is 1.73. The van der Waals surface area contributed by atoms with Crippen LogP contribution in [0.15, 0.2) is 24.5 Å². The molecule has 0 aromatic carbocycles. The molecule has 0 radical (unpaired) electrons. The first kappa shape index (κ1) is 17.9. The number of rotatable bonds is 9. The average Bonchev–Trinajstić information content (AvgIpc) is 3.04. The Kier molecular flexibility index (Phi) is 5.80. The van der Waals surface area contributed by atoms with Crippen LogP contribution in [-0.4, -0.2) is 44.3 Å².